The van der Waals surface area contributed by atoms with Crippen LogP contribution in [0.1, 0.15) is 25.7 Å². The molecule has 0 aromatic heterocycles. The third-order valence-corrected chi connectivity index (χ3v) is 3.26. The van der Waals surface area contributed by atoms with Crippen LogP contribution in [-0.2, 0) is 4.74 Å². The van der Waals surface area contributed by atoms with Crippen molar-refractivity contribution in [2.45, 2.75) is 25.7 Å². The van der Waals surface area contributed by atoms with E-state index in [4.69, 9.17) is 10.5 Å². The van der Waals surface area contributed by atoms with Crippen LogP contribution in [0.25, 0.3) is 0 Å². The first-order chi connectivity index (χ1) is 6.79. The quantitative estimate of drug-likeness (QED) is 0.676. The second-order valence-corrected chi connectivity index (χ2v) is 4.05. The van der Waals surface area contributed by atoms with E-state index in [9.17, 15) is 4.79 Å². The third kappa shape index (κ3) is 2.01. The van der Waals surface area contributed by atoms with Crippen LogP contribution in [0.4, 0.5) is 4.79 Å². The molecular weight excluding hydrogens is 178 g/mol. The molecule has 0 unspecified atom stereocenters. The van der Waals surface area contributed by atoms with Gasteiger partial charge in [-0.15, -0.1) is 11.8 Å². The fraction of sp³-hybridized carbons (Fsp3) is 0.727. The van der Waals surface area contributed by atoms with E-state index in [1.165, 1.54) is 0 Å². The minimum atomic E-state index is -0.652. The van der Waals surface area contributed by atoms with E-state index in [1.807, 2.05) is 0 Å². The summed E-state index contributed by atoms with van der Waals surface area (Å²) in [5.41, 5.74) is 4.93. The zero-order chi connectivity index (χ0) is 9.97. The molecule has 1 amide bonds. The minimum Gasteiger partial charge on any atom is -0.449 e. The van der Waals surface area contributed by atoms with Crippen LogP contribution in [-0.4, -0.2) is 12.7 Å². The van der Waals surface area contributed by atoms with Gasteiger partial charge in [-0.25, -0.2) is 4.79 Å². The van der Waals surface area contributed by atoms with Crippen LogP contribution >= 0.6 is 0 Å². The van der Waals surface area contributed by atoms with E-state index in [1.54, 1.807) is 0 Å². The number of hydrogen-bond donors (Lipinski definition) is 1. The van der Waals surface area contributed by atoms with Crippen molar-refractivity contribution >= 4 is 6.09 Å². The van der Waals surface area contributed by atoms with Gasteiger partial charge in [-0.05, 0) is 30.6 Å². The minimum absolute atomic E-state index is 0.505. The first-order valence-corrected chi connectivity index (χ1v) is 5.17. The summed E-state index contributed by atoms with van der Waals surface area (Å²) >= 11 is 0. The Labute approximate surface area is 84.0 Å². The van der Waals surface area contributed by atoms with Crippen LogP contribution < -0.4 is 5.73 Å². The predicted molar refractivity (Wildman–Crippen MR) is 52.2 cm³/mol. The maximum Gasteiger partial charge on any atom is 0.404 e. The number of hydrogen-bond acceptors (Lipinski definition) is 2. The molecule has 0 aromatic rings. The Morgan fingerprint density at radius 2 is 1.86 bits per heavy atom. The number of ether oxygens (including phenoxy) is 1. The average molecular weight is 193 g/mol. The number of primary amides is 1. The molecule has 3 nitrogen and oxygen atoms in total. The van der Waals surface area contributed by atoms with Gasteiger partial charge < -0.3 is 10.5 Å². The topological polar surface area (TPSA) is 52.3 Å². The lowest BCUT2D eigenvalue weighted by Crippen LogP contribution is -2.15. The van der Waals surface area contributed by atoms with Crippen molar-refractivity contribution in [1.82, 2.24) is 0 Å². The molecule has 2 rings (SSSR count). The van der Waals surface area contributed by atoms with E-state index in [2.05, 4.69) is 11.8 Å². The molecule has 0 bridgehead atoms. The molecule has 0 spiro atoms. The van der Waals surface area contributed by atoms with Crippen molar-refractivity contribution in [3.63, 3.8) is 0 Å². The molecule has 1 fully saturated rings. The second-order valence-electron chi connectivity index (χ2n) is 4.05. The Kier molecular flexibility index (Phi) is 2.62. The summed E-state index contributed by atoms with van der Waals surface area (Å²) in [6.07, 6.45) is 3.65. The molecule has 2 aliphatic rings. The van der Waals surface area contributed by atoms with Gasteiger partial charge in [0.1, 0.15) is 0 Å². The molecule has 3 atom stereocenters. The summed E-state index contributed by atoms with van der Waals surface area (Å²) in [5.74, 6) is 8.29. The first kappa shape index (κ1) is 9.39. The first-order valence-electron chi connectivity index (χ1n) is 5.17. The average Bonchev–Trinajstić information content (AvgIpc) is 2.72. The number of fused-ring (bicyclic) bond motifs is 1. The van der Waals surface area contributed by atoms with Crippen LogP contribution in [0.2, 0.25) is 0 Å². The fourth-order valence-electron chi connectivity index (χ4n) is 2.46. The highest BCUT2D eigenvalue weighted by Crippen LogP contribution is 2.52. The van der Waals surface area contributed by atoms with Gasteiger partial charge in [0.2, 0.25) is 0 Å². The SMILES string of the molecule is NC(=O)OC[C@H]1[C@@H]2CCC#CCC[C@@H]21. The second kappa shape index (κ2) is 3.91. The van der Waals surface area contributed by atoms with E-state index in [-0.39, 0.29) is 0 Å². The Balaban J connectivity index is 1.79. The molecule has 1 saturated carbocycles. The lowest BCUT2D eigenvalue weighted by Gasteiger charge is -1.98. The van der Waals surface area contributed by atoms with Crippen molar-refractivity contribution in [1.29, 1.82) is 0 Å². The molecule has 0 heterocycles. The van der Waals surface area contributed by atoms with E-state index in [0.717, 1.165) is 37.5 Å². The molecule has 2 N–H and O–H groups in total. The number of carbonyl (C=O) groups is 1. The molecule has 0 aliphatic heterocycles. The van der Waals surface area contributed by atoms with Gasteiger partial charge in [0, 0.05) is 12.8 Å². The predicted octanol–water partition coefficient (Wildman–Crippen LogP) is 1.52. The van der Waals surface area contributed by atoms with Gasteiger partial charge in [-0.2, -0.15) is 0 Å². The van der Waals surface area contributed by atoms with Crippen molar-refractivity contribution < 1.29 is 9.53 Å². The highest BCUT2D eigenvalue weighted by molar-refractivity contribution is 5.64. The van der Waals surface area contributed by atoms with Gasteiger partial charge in [-0.1, -0.05) is 0 Å². The molecule has 2 aliphatic carbocycles. The van der Waals surface area contributed by atoms with Crippen molar-refractivity contribution in [2.24, 2.45) is 23.5 Å². The third-order valence-electron chi connectivity index (χ3n) is 3.26. The zero-order valence-corrected chi connectivity index (χ0v) is 8.16. The normalized spacial score (nSPS) is 34.1. The molecule has 0 saturated heterocycles. The van der Waals surface area contributed by atoms with Crippen molar-refractivity contribution in [3.05, 3.63) is 0 Å². The fourth-order valence-corrected chi connectivity index (χ4v) is 2.46. The van der Waals surface area contributed by atoms with Gasteiger partial charge >= 0.3 is 6.09 Å². The molecule has 0 radical (unpaired) electrons. The summed E-state index contributed by atoms with van der Waals surface area (Å²) in [6.45, 7) is 0.505. The van der Waals surface area contributed by atoms with E-state index < -0.39 is 6.09 Å². The summed E-state index contributed by atoms with van der Waals surface area (Å²) in [4.78, 5) is 10.4. The smallest absolute Gasteiger partial charge is 0.404 e. The monoisotopic (exact) mass is 193 g/mol. The van der Waals surface area contributed by atoms with Gasteiger partial charge in [-0.3, -0.25) is 0 Å². The van der Waals surface area contributed by atoms with Gasteiger partial charge in [0.15, 0.2) is 0 Å². The maximum atomic E-state index is 10.4. The van der Waals surface area contributed by atoms with Crippen molar-refractivity contribution in [2.75, 3.05) is 6.61 Å². The number of carbonyl (C=O) groups excluding carboxylic acids is 1. The molecular formula is C11H15NO2. The Morgan fingerprint density at radius 3 is 2.36 bits per heavy atom. The van der Waals surface area contributed by atoms with Crippen LogP contribution in [0.3, 0.4) is 0 Å². The number of rotatable bonds is 2. The number of amides is 1. The van der Waals surface area contributed by atoms with Crippen molar-refractivity contribution in [3.8, 4) is 11.8 Å². The molecule has 0 aromatic carbocycles. The highest BCUT2D eigenvalue weighted by Gasteiger charge is 2.49. The lowest BCUT2D eigenvalue weighted by molar-refractivity contribution is 0.147. The molecule has 3 heteroatoms. The van der Waals surface area contributed by atoms with E-state index in [0.29, 0.717) is 12.5 Å². The zero-order valence-electron chi connectivity index (χ0n) is 8.16. The summed E-state index contributed by atoms with van der Waals surface area (Å²) < 4.78 is 4.84. The van der Waals surface area contributed by atoms with Gasteiger partial charge in [0.05, 0.1) is 6.61 Å². The van der Waals surface area contributed by atoms with Crippen LogP contribution in [0, 0.1) is 29.6 Å². The Bertz CT molecular complexity index is 271. The Morgan fingerprint density at radius 1 is 1.29 bits per heavy atom. The van der Waals surface area contributed by atoms with Gasteiger partial charge in [0.25, 0.3) is 0 Å². The molecule has 14 heavy (non-hydrogen) atoms. The van der Waals surface area contributed by atoms with Crippen LogP contribution in [0.5, 0.6) is 0 Å². The summed E-state index contributed by atoms with van der Waals surface area (Å²) in [5, 5.41) is 0. The highest BCUT2D eigenvalue weighted by atomic mass is 16.5. The summed E-state index contributed by atoms with van der Waals surface area (Å²) in [7, 11) is 0. The standard InChI is InChI=1S/C11H15NO2/c12-11(13)14-7-10-8-5-3-1-2-4-6-9(8)10/h8-10H,3-7H2,(H2,12,13)/t8-,9+,10+. The summed E-state index contributed by atoms with van der Waals surface area (Å²) in [6, 6.07) is 0. The lowest BCUT2D eigenvalue weighted by atomic mass is 10.1. The number of nitrogens with two attached hydrogens (primary N) is 1. The largest absolute Gasteiger partial charge is 0.449 e. The van der Waals surface area contributed by atoms with E-state index >= 15 is 0 Å². The maximum absolute atomic E-state index is 10.4. The molecule has 76 valence electrons. The van der Waals surface area contributed by atoms with Crippen LogP contribution in [0.15, 0.2) is 0 Å². The Hall–Kier alpha value is -1.17.